The van der Waals surface area contributed by atoms with E-state index in [1.54, 1.807) is 0 Å². The van der Waals surface area contributed by atoms with E-state index >= 15 is 0 Å². The van der Waals surface area contributed by atoms with Crippen LogP contribution in [0.15, 0.2) is 0 Å². The summed E-state index contributed by atoms with van der Waals surface area (Å²) in [5.41, 5.74) is 6.90. The molecule has 1 nitrogen and oxygen atoms in total. The summed E-state index contributed by atoms with van der Waals surface area (Å²) in [7, 11) is 0. The second-order valence-corrected chi connectivity index (χ2v) is 2.66. The zero-order valence-corrected chi connectivity index (χ0v) is 7.45. The first-order valence-electron chi connectivity index (χ1n) is 4.52. The average molecular weight is 152 g/mol. The summed E-state index contributed by atoms with van der Waals surface area (Å²) in [5, 5.41) is 0. The minimum Gasteiger partial charge on any atom is -0.258 e. The van der Waals surface area contributed by atoms with Gasteiger partial charge in [0.05, 0.1) is 0 Å². The Morgan fingerprint density at radius 2 is 1.64 bits per heavy atom. The molecule has 0 aliphatic carbocycles. The topological polar surface area (TPSA) is 23.8 Å². The predicted octanol–water partition coefficient (Wildman–Crippen LogP) is 2.63. The van der Waals surface area contributed by atoms with Crippen molar-refractivity contribution in [3.63, 3.8) is 0 Å². The number of nitrogens with one attached hydrogen (secondary N) is 1. The van der Waals surface area contributed by atoms with Crippen LogP contribution >= 0.6 is 0 Å². The van der Waals surface area contributed by atoms with E-state index in [1.165, 1.54) is 12.8 Å². The van der Waals surface area contributed by atoms with Crippen LogP contribution in [-0.4, -0.2) is 6.54 Å². The Morgan fingerprint density at radius 1 is 1.00 bits per heavy atom. The molecule has 0 aliphatic rings. The van der Waals surface area contributed by atoms with Gasteiger partial charge >= 0.3 is 0 Å². The highest BCUT2D eigenvalue weighted by molar-refractivity contribution is 4.98. The molecule has 11 heavy (non-hydrogen) atoms. The minimum atomic E-state index is 0.552. The second-order valence-electron chi connectivity index (χ2n) is 2.66. The molecule has 1 N–H and O–H groups in total. The Kier molecular flexibility index (Phi) is 9.10. The Labute approximate surface area is 70.4 Å². The fraction of sp³-hybridized carbons (Fsp3) is 0.800. The lowest BCUT2D eigenvalue weighted by molar-refractivity contribution is 0.755. The third-order valence-corrected chi connectivity index (χ3v) is 1.51. The first-order chi connectivity index (χ1) is 5.41. The van der Waals surface area contributed by atoms with Gasteiger partial charge in [0.2, 0.25) is 0 Å². The summed E-state index contributed by atoms with van der Waals surface area (Å²) >= 11 is 0. The van der Waals surface area contributed by atoms with Gasteiger partial charge in [-0.25, -0.2) is 0 Å². The lowest BCUT2D eigenvalue weighted by Crippen LogP contribution is -1.83. The molecule has 0 atom stereocenters. The molecule has 0 bridgehead atoms. The van der Waals surface area contributed by atoms with Gasteiger partial charge in [0.25, 0.3) is 0 Å². The molecule has 0 aliphatic heterocycles. The van der Waals surface area contributed by atoms with Crippen molar-refractivity contribution in [2.75, 3.05) is 6.54 Å². The fourth-order valence-corrected chi connectivity index (χ4v) is 0.780. The van der Waals surface area contributed by atoms with Crippen molar-refractivity contribution in [2.24, 2.45) is 0 Å². The number of hydrogen-bond acceptors (Lipinski definition) is 0. The molecule has 0 amide bonds. The maximum atomic E-state index is 6.90. The SMILES string of the molecule is CCCCC#CCCCC[NH]. The molecule has 0 fully saturated rings. The van der Waals surface area contributed by atoms with Crippen molar-refractivity contribution in [2.45, 2.75) is 45.4 Å². The minimum absolute atomic E-state index is 0.552. The Bertz CT molecular complexity index is 119. The molecule has 0 unspecified atom stereocenters. The largest absolute Gasteiger partial charge is 0.258 e. The van der Waals surface area contributed by atoms with E-state index in [0.29, 0.717) is 6.54 Å². The van der Waals surface area contributed by atoms with Crippen molar-refractivity contribution in [1.82, 2.24) is 5.73 Å². The average Bonchev–Trinajstić information content (AvgIpc) is 2.03. The first-order valence-corrected chi connectivity index (χ1v) is 4.52. The molecule has 1 heteroatoms. The summed E-state index contributed by atoms with van der Waals surface area (Å²) in [4.78, 5) is 0. The maximum absolute atomic E-state index is 6.90. The third-order valence-electron chi connectivity index (χ3n) is 1.51. The van der Waals surface area contributed by atoms with Crippen LogP contribution in [0.4, 0.5) is 0 Å². The highest BCUT2D eigenvalue weighted by atomic mass is 14.5. The number of rotatable bonds is 5. The Hall–Kier alpha value is -0.480. The summed E-state index contributed by atoms with van der Waals surface area (Å²) in [6.07, 6.45) is 6.61. The highest BCUT2D eigenvalue weighted by Crippen LogP contribution is 1.94. The van der Waals surface area contributed by atoms with Gasteiger partial charge < -0.3 is 0 Å². The smallest absolute Gasteiger partial charge is 0.0100 e. The van der Waals surface area contributed by atoms with Crippen LogP contribution in [0.5, 0.6) is 0 Å². The third kappa shape index (κ3) is 9.52. The highest BCUT2D eigenvalue weighted by Gasteiger charge is 1.81. The van der Waals surface area contributed by atoms with Gasteiger partial charge in [-0.1, -0.05) is 13.3 Å². The van der Waals surface area contributed by atoms with Crippen molar-refractivity contribution in [3.05, 3.63) is 0 Å². The van der Waals surface area contributed by atoms with Crippen LogP contribution in [0.25, 0.3) is 0 Å². The van der Waals surface area contributed by atoms with E-state index in [-0.39, 0.29) is 0 Å². The summed E-state index contributed by atoms with van der Waals surface area (Å²) in [5.74, 6) is 6.26. The van der Waals surface area contributed by atoms with E-state index < -0.39 is 0 Å². The lowest BCUT2D eigenvalue weighted by atomic mass is 10.2. The molecule has 0 aromatic heterocycles. The van der Waals surface area contributed by atoms with E-state index in [1.807, 2.05) is 0 Å². The standard InChI is InChI=1S/C10H18N/c1-2-3-4-5-6-7-8-9-10-11/h11H,2-4,7-10H2,1H3. The second kappa shape index (κ2) is 9.52. The van der Waals surface area contributed by atoms with E-state index in [2.05, 4.69) is 18.8 Å². The molecule has 0 saturated heterocycles. The quantitative estimate of drug-likeness (QED) is 0.427. The van der Waals surface area contributed by atoms with Crippen LogP contribution in [0.3, 0.4) is 0 Å². The van der Waals surface area contributed by atoms with Crippen molar-refractivity contribution >= 4 is 0 Å². The molecule has 0 aromatic carbocycles. The zero-order valence-electron chi connectivity index (χ0n) is 7.45. The van der Waals surface area contributed by atoms with Crippen LogP contribution in [0.1, 0.15) is 45.4 Å². The summed E-state index contributed by atoms with van der Waals surface area (Å²) in [6, 6.07) is 0. The van der Waals surface area contributed by atoms with Gasteiger partial charge in [-0.05, 0) is 19.3 Å². The first kappa shape index (κ1) is 10.5. The molecule has 1 radical (unpaired) electrons. The van der Waals surface area contributed by atoms with E-state index in [9.17, 15) is 0 Å². The van der Waals surface area contributed by atoms with Crippen LogP contribution in [-0.2, 0) is 0 Å². The molecule has 63 valence electrons. The monoisotopic (exact) mass is 152 g/mol. The molecule has 0 spiro atoms. The van der Waals surface area contributed by atoms with E-state index in [0.717, 1.165) is 25.7 Å². The van der Waals surface area contributed by atoms with Gasteiger partial charge in [-0.3, -0.25) is 5.73 Å². The maximum Gasteiger partial charge on any atom is 0.0100 e. The number of hydrogen-bond donors (Lipinski definition) is 0. The van der Waals surface area contributed by atoms with Gasteiger partial charge in [0.15, 0.2) is 0 Å². The summed E-state index contributed by atoms with van der Waals surface area (Å²) < 4.78 is 0. The Balaban J connectivity index is 2.99. The Morgan fingerprint density at radius 3 is 2.18 bits per heavy atom. The fourth-order valence-electron chi connectivity index (χ4n) is 0.780. The lowest BCUT2D eigenvalue weighted by Gasteiger charge is -1.88. The van der Waals surface area contributed by atoms with Crippen molar-refractivity contribution < 1.29 is 0 Å². The van der Waals surface area contributed by atoms with Crippen molar-refractivity contribution in [3.8, 4) is 11.8 Å². The van der Waals surface area contributed by atoms with Crippen LogP contribution in [0, 0.1) is 11.8 Å². The summed E-state index contributed by atoms with van der Waals surface area (Å²) in [6.45, 7) is 2.73. The van der Waals surface area contributed by atoms with Crippen LogP contribution < -0.4 is 5.73 Å². The molecule has 0 rings (SSSR count). The van der Waals surface area contributed by atoms with Crippen molar-refractivity contribution in [1.29, 1.82) is 0 Å². The number of unbranched alkanes of at least 4 members (excludes halogenated alkanes) is 4. The van der Waals surface area contributed by atoms with E-state index in [4.69, 9.17) is 5.73 Å². The normalized spacial score (nSPS) is 8.91. The van der Waals surface area contributed by atoms with Gasteiger partial charge in [-0.2, -0.15) is 0 Å². The molecule has 0 aromatic rings. The predicted molar refractivity (Wildman–Crippen MR) is 49.1 cm³/mol. The molecular weight excluding hydrogens is 134 g/mol. The molecule has 0 saturated carbocycles. The van der Waals surface area contributed by atoms with Crippen LogP contribution in [0.2, 0.25) is 0 Å². The van der Waals surface area contributed by atoms with Gasteiger partial charge in [0.1, 0.15) is 0 Å². The molecular formula is C10H18N. The molecule has 0 heterocycles. The van der Waals surface area contributed by atoms with Gasteiger partial charge in [-0.15, -0.1) is 11.8 Å². The zero-order chi connectivity index (χ0) is 8.36. The van der Waals surface area contributed by atoms with Gasteiger partial charge in [0, 0.05) is 19.4 Å².